The predicted octanol–water partition coefficient (Wildman–Crippen LogP) is 5.03. The minimum Gasteiger partial charge on any atom is -0.469 e. The molecule has 2 aliphatic carbocycles. The van der Waals surface area contributed by atoms with Crippen LogP contribution in [0.3, 0.4) is 0 Å². The third-order valence-corrected chi connectivity index (χ3v) is 7.32. The van der Waals surface area contributed by atoms with Gasteiger partial charge in [0.2, 0.25) is 0 Å². The van der Waals surface area contributed by atoms with Crippen LogP contribution in [0.15, 0.2) is 23.8 Å². The Hall–Kier alpha value is -1.69. The molecule has 5 nitrogen and oxygen atoms in total. The van der Waals surface area contributed by atoms with Gasteiger partial charge in [0.05, 0.1) is 25.0 Å². The minimum absolute atomic E-state index is 0.0848. The van der Waals surface area contributed by atoms with Gasteiger partial charge in [-0.2, -0.15) is 0 Å². The maximum absolute atomic E-state index is 14.4. The second-order valence-electron chi connectivity index (χ2n) is 9.87. The van der Waals surface area contributed by atoms with Crippen molar-refractivity contribution in [1.82, 2.24) is 0 Å². The van der Waals surface area contributed by atoms with Gasteiger partial charge >= 0.3 is 11.9 Å². The van der Waals surface area contributed by atoms with E-state index < -0.39 is 24.2 Å². The highest BCUT2D eigenvalue weighted by Gasteiger charge is 2.41. The van der Waals surface area contributed by atoms with Crippen molar-refractivity contribution in [3.05, 3.63) is 23.8 Å². The van der Waals surface area contributed by atoms with Crippen molar-refractivity contribution in [2.45, 2.75) is 85.1 Å². The summed E-state index contributed by atoms with van der Waals surface area (Å²) in [6.07, 6.45) is 6.69. The van der Waals surface area contributed by atoms with E-state index in [1.165, 1.54) is 19.6 Å². The highest BCUT2D eigenvalue weighted by Crippen LogP contribution is 2.45. The van der Waals surface area contributed by atoms with Gasteiger partial charge < -0.3 is 14.6 Å². The molecule has 0 spiro atoms. The molecule has 2 aliphatic rings. The van der Waals surface area contributed by atoms with Crippen molar-refractivity contribution in [3.63, 3.8) is 0 Å². The number of allylic oxidation sites excluding steroid dienone is 3. The summed E-state index contributed by atoms with van der Waals surface area (Å²) < 4.78 is 25.0. The lowest BCUT2D eigenvalue weighted by atomic mass is 9.65. The molecule has 0 aromatic rings. The summed E-state index contributed by atoms with van der Waals surface area (Å²) in [6.45, 7) is 9.64. The molecule has 32 heavy (non-hydrogen) atoms. The SMILES string of the molecule is CC[C@H](C)C(=O)O[C@H]1C[C@@H](C)C=C2C=C[C@H](C)[C@H](CC[C@@H](O)C[C@H](F)C(C)C(=O)OC)C21. The first-order chi connectivity index (χ1) is 15.1. The van der Waals surface area contributed by atoms with Crippen molar-refractivity contribution < 1.29 is 28.6 Å². The number of carbonyl (C=O) groups is 2. The number of halogens is 1. The van der Waals surface area contributed by atoms with E-state index in [1.54, 1.807) is 0 Å². The predicted molar refractivity (Wildman–Crippen MR) is 122 cm³/mol. The van der Waals surface area contributed by atoms with Crippen LogP contribution in [-0.4, -0.2) is 42.5 Å². The molecule has 0 aromatic heterocycles. The molecule has 0 saturated heterocycles. The number of rotatable bonds is 10. The summed E-state index contributed by atoms with van der Waals surface area (Å²) >= 11 is 0. The van der Waals surface area contributed by atoms with E-state index in [9.17, 15) is 19.1 Å². The zero-order chi connectivity index (χ0) is 24.0. The minimum atomic E-state index is -1.45. The fourth-order valence-electron chi connectivity index (χ4n) is 4.95. The van der Waals surface area contributed by atoms with Crippen LogP contribution in [0.4, 0.5) is 4.39 Å². The van der Waals surface area contributed by atoms with Gasteiger partial charge in [-0.3, -0.25) is 9.59 Å². The Morgan fingerprint density at radius 2 is 1.94 bits per heavy atom. The van der Waals surface area contributed by atoms with E-state index in [-0.39, 0.29) is 42.2 Å². The van der Waals surface area contributed by atoms with Crippen LogP contribution in [-0.2, 0) is 19.1 Å². The van der Waals surface area contributed by atoms with Crippen molar-refractivity contribution >= 4 is 11.9 Å². The highest BCUT2D eigenvalue weighted by molar-refractivity contribution is 5.72. The number of methoxy groups -OCH3 is 1. The summed E-state index contributed by atoms with van der Waals surface area (Å²) in [7, 11) is 1.24. The Labute approximate surface area is 192 Å². The number of hydrogen-bond donors (Lipinski definition) is 1. The average molecular weight is 453 g/mol. The van der Waals surface area contributed by atoms with E-state index >= 15 is 0 Å². The molecule has 0 aliphatic heterocycles. The van der Waals surface area contributed by atoms with E-state index in [2.05, 4.69) is 36.8 Å². The molecule has 2 unspecified atom stereocenters. The monoisotopic (exact) mass is 452 g/mol. The third kappa shape index (κ3) is 6.66. The second-order valence-corrected chi connectivity index (χ2v) is 9.87. The van der Waals surface area contributed by atoms with Crippen LogP contribution in [0.2, 0.25) is 0 Å². The molecule has 0 bridgehead atoms. The maximum atomic E-state index is 14.4. The van der Waals surface area contributed by atoms with Crippen LogP contribution in [0.5, 0.6) is 0 Å². The molecule has 0 heterocycles. The van der Waals surface area contributed by atoms with Gasteiger partial charge in [-0.05, 0) is 55.9 Å². The molecule has 0 fully saturated rings. The average Bonchev–Trinajstić information content (AvgIpc) is 2.76. The topological polar surface area (TPSA) is 72.8 Å². The van der Waals surface area contributed by atoms with Crippen LogP contribution < -0.4 is 0 Å². The van der Waals surface area contributed by atoms with Gasteiger partial charge in [0.25, 0.3) is 0 Å². The quantitative estimate of drug-likeness (QED) is 0.471. The van der Waals surface area contributed by atoms with Crippen LogP contribution in [0.25, 0.3) is 0 Å². The maximum Gasteiger partial charge on any atom is 0.311 e. The van der Waals surface area contributed by atoms with Crippen molar-refractivity contribution in [2.24, 2.45) is 35.5 Å². The number of fused-ring (bicyclic) bond motifs is 1. The number of alkyl halides is 1. The molecular formula is C26H41FO5. The first-order valence-electron chi connectivity index (χ1n) is 12.1. The lowest BCUT2D eigenvalue weighted by Crippen LogP contribution is -2.41. The molecule has 182 valence electrons. The lowest BCUT2D eigenvalue weighted by molar-refractivity contribution is -0.158. The second kappa shape index (κ2) is 12.0. The van der Waals surface area contributed by atoms with Crippen molar-refractivity contribution in [1.29, 1.82) is 0 Å². The Morgan fingerprint density at radius 3 is 2.56 bits per heavy atom. The number of carbonyl (C=O) groups excluding carboxylic acids is 2. The molecular weight excluding hydrogens is 411 g/mol. The van der Waals surface area contributed by atoms with Crippen LogP contribution >= 0.6 is 0 Å². The number of hydrogen-bond acceptors (Lipinski definition) is 5. The van der Waals surface area contributed by atoms with Crippen molar-refractivity contribution in [2.75, 3.05) is 7.11 Å². The van der Waals surface area contributed by atoms with Gasteiger partial charge in [0, 0.05) is 12.3 Å². The normalized spacial score (nSPS) is 31.0. The van der Waals surface area contributed by atoms with Gasteiger partial charge in [0.1, 0.15) is 12.3 Å². The van der Waals surface area contributed by atoms with E-state index in [4.69, 9.17) is 4.74 Å². The molecule has 0 aromatic carbocycles. The Morgan fingerprint density at radius 1 is 1.25 bits per heavy atom. The molecule has 2 rings (SSSR count). The fourth-order valence-corrected chi connectivity index (χ4v) is 4.95. The summed E-state index contributed by atoms with van der Waals surface area (Å²) in [5.41, 5.74) is 1.20. The van der Waals surface area contributed by atoms with Gasteiger partial charge in [-0.15, -0.1) is 0 Å². The number of ether oxygens (including phenoxy) is 2. The van der Waals surface area contributed by atoms with Crippen molar-refractivity contribution in [3.8, 4) is 0 Å². The Bertz CT molecular complexity index is 702. The largest absolute Gasteiger partial charge is 0.469 e. The zero-order valence-electron chi connectivity index (χ0n) is 20.4. The van der Waals surface area contributed by atoms with Crippen LogP contribution in [0.1, 0.15) is 66.7 Å². The van der Waals surface area contributed by atoms with Gasteiger partial charge in [-0.1, -0.05) is 45.9 Å². The fraction of sp³-hybridized carbons (Fsp3) is 0.769. The number of aliphatic hydroxyl groups excluding tert-OH is 1. The smallest absolute Gasteiger partial charge is 0.311 e. The van der Waals surface area contributed by atoms with Crippen LogP contribution in [0, 0.1) is 35.5 Å². The molecule has 9 atom stereocenters. The van der Waals surface area contributed by atoms with E-state index in [0.29, 0.717) is 18.8 Å². The molecule has 0 saturated carbocycles. The lowest BCUT2D eigenvalue weighted by Gasteiger charge is -2.43. The molecule has 1 N–H and O–H groups in total. The number of aliphatic hydroxyl groups is 1. The molecule has 0 amide bonds. The van der Waals surface area contributed by atoms with Gasteiger partial charge in [0.15, 0.2) is 0 Å². The Kier molecular flexibility index (Phi) is 9.93. The summed E-state index contributed by atoms with van der Waals surface area (Å²) in [5.74, 6) is -0.914. The standard InChI is InChI=1S/C26H41FO5/c1-7-16(3)25(29)32-23-13-15(2)12-19-9-8-17(4)21(24(19)23)11-10-20(28)14-22(27)18(5)26(30)31-6/h8-9,12,15-18,20-24,28H,7,10-11,13-14H2,1-6H3/t15-,16-,17-,18?,20+,21-,22-,23-,24?/m0/s1. The Balaban J connectivity index is 2.08. The van der Waals surface area contributed by atoms with Gasteiger partial charge in [-0.25, -0.2) is 4.39 Å². The first-order valence-corrected chi connectivity index (χ1v) is 12.1. The summed E-state index contributed by atoms with van der Waals surface area (Å²) in [4.78, 5) is 24.1. The summed E-state index contributed by atoms with van der Waals surface area (Å²) in [5, 5.41) is 10.5. The molecule has 6 heteroatoms. The summed E-state index contributed by atoms with van der Waals surface area (Å²) in [6, 6.07) is 0. The first kappa shape index (κ1) is 26.6. The molecule has 0 radical (unpaired) electrons. The number of esters is 2. The van der Waals surface area contributed by atoms with E-state index in [1.807, 2.05) is 13.8 Å². The van der Waals surface area contributed by atoms with E-state index in [0.717, 1.165) is 12.8 Å². The zero-order valence-corrected chi connectivity index (χ0v) is 20.4. The third-order valence-electron chi connectivity index (χ3n) is 7.32. The highest BCUT2D eigenvalue weighted by atomic mass is 19.1.